The topological polar surface area (TPSA) is 86.7 Å². The SMILES string of the molecule is CC(=O)Oc1cccc2c1C(=O)c1c(OC(C)=O)cc(C(F)F)cc1C2=O. The Balaban J connectivity index is 2.29. The molecule has 0 amide bonds. The van der Waals surface area contributed by atoms with E-state index in [-0.39, 0.29) is 28.0 Å². The Bertz CT molecular complexity index is 1010. The molecule has 2 aromatic rings. The lowest BCUT2D eigenvalue weighted by Gasteiger charge is -2.22. The summed E-state index contributed by atoms with van der Waals surface area (Å²) in [4.78, 5) is 48.5. The van der Waals surface area contributed by atoms with Crippen LogP contribution in [-0.2, 0) is 9.59 Å². The molecule has 0 radical (unpaired) electrons. The first-order valence-corrected chi connectivity index (χ1v) is 7.76. The van der Waals surface area contributed by atoms with E-state index in [9.17, 15) is 28.0 Å². The van der Waals surface area contributed by atoms with Gasteiger partial charge in [0.25, 0.3) is 6.43 Å². The summed E-state index contributed by atoms with van der Waals surface area (Å²) in [5, 5.41) is 0. The van der Waals surface area contributed by atoms with Gasteiger partial charge in [0.1, 0.15) is 11.5 Å². The van der Waals surface area contributed by atoms with Gasteiger partial charge in [-0.05, 0) is 18.2 Å². The van der Waals surface area contributed by atoms with Gasteiger partial charge in [0.05, 0.1) is 11.1 Å². The smallest absolute Gasteiger partial charge is 0.308 e. The van der Waals surface area contributed by atoms with Crippen LogP contribution in [0.25, 0.3) is 0 Å². The van der Waals surface area contributed by atoms with Crippen LogP contribution in [0, 0.1) is 0 Å². The Labute approximate surface area is 151 Å². The Morgan fingerprint density at radius 3 is 2.04 bits per heavy atom. The molecule has 0 spiro atoms. The molecule has 1 aliphatic rings. The highest BCUT2D eigenvalue weighted by Gasteiger charge is 2.36. The van der Waals surface area contributed by atoms with Crippen molar-refractivity contribution in [3.63, 3.8) is 0 Å². The van der Waals surface area contributed by atoms with Gasteiger partial charge >= 0.3 is 11.9 Å². The normalized spacial score (nSPS) is 12.5. The number of rotatable bonds is 3. The number of fused-ring (bicyclic) bond motifs is 2. The molecule has 0 fully saturated rings. The maximum absolute atomic E-state index is 13.2. The highest BCUT2D eigenvalue weighted by Crippen LogP contribution is 2.39. The first-order chi connectivity index (χ1) is 12.7. The van der Waals surface area contributed by atoms with E-state index in [2.05, 4.69) is 0 Å². The van der Waals surface area contributed by atoms with Crippen molar-refractivity contribution < 1.29 is 37.4 Å². The second kappa shape index (κ2) is 6.71. The van der Waals surface area contributed by atoms with Crippen molar-refractivity contribution in [3.8, 4) is 11.5 Å². The fourth-order valence-electron chi connectivity index (χ4n) is 2.88. The third kappa shape index (κ3) is 3.21. The predicted molar refractivity (Wildman–Crippen MR) is 87.3 cm³/mol. The number of ketones is 2. The molecule has 27 heavy (non-hydrogen) atoms. The van der Waals surface area contributed by atoms with Crippen molar-refractivity contribution in [1.82, 2.24) is 0 Å². The number of carbonyl (C=O) groups is 4. The van der Waals surface area contributed by atoms with Gasteiger partial charge in [-0.3, -0.25) is 19.2 Å². The monoisotopic (exact) mass is 374 g/mol. The van der Waals surface area contributed by atoms with E-state index in [1.54, 1.807) is 0 Å². The van der Waals surface area contributed by atoms with Crippen molar-refractivity contribution >= 4 is 23.5 Å². The lowest BCUT2D eigenvalue weighted by atomic mass is 9.82. The number of hydrogen-bond acceptors (Lipinski definition) is 6. The number of carbonyl (C=O) groups excluding carboxylic acids is 4. The summed E-state index contributed by atoms with van der Waals surface area (Å²) in [7, 11) is 0. The van der Waals surface area contributed by atoms with Crippen molar-refractivity contribution in [2.75, 3.05) is 0 Å². The summed E-state index contributed by atoms with van der Waals surface area (Å²) in [5.74, 6) is -3.63. The number of benzene rings is 2. The van der Waals surface area contributed by atoms with Crippen LogP contribution in [0.1, 0.15) is 57.7 Å². The van der Waals surface area contributed by atoms with Gasteiger partial charge in [-0.25, -0.2) is 8.78 Å². The lowest BCUT2D eigenvalue weighted by Crippen LogP contribution is -2.24. The van der Waals surface area contributed by atoms with E-state index in [0.717, 1.165) is 26.0 Å². The summed E-state index contributed by atoms with van der Waals surface area (Å²) in [5.41, 5.74) is -1.48. The summed E-state index contributed by atoms with van der Waals surface area (Å²) in [6, 6.07) is 5.79. The van der Waals surface area contributed by atoms with Crippen LogP contribution >= 0.6 is 0 Å². The maximum atomic E-state index is 13.2. The molecule has 0 N–H and O–H groups in total. The zero-order chi connectivity index (χ0) is 19.9. The molecular weight excluding hydrogens is 362 g/mol. The molecule has 3 rings (SSSR count). The molecule has 6 nitrogen and oxygen atoms in total. The number of halogens is 2. The number of alkyl halides is 2. The number of ether oxygens (including phenoxy) is 2. The largest absolute Gasteiger partial charge is 0.426 e. The molecule has 8 heteroatoms. The molecule has 0 aromatic heterocycles. The zero-order valence-corrected chi connectivity index (χ0v) is 14.2. The highest BCUT2D eigenvalue weighted by atomic mass is 19.3. The summed E-state index contributed by atoms with van der Waals surface area (Å²) < 4.78 is 36.3. The van der Waals surface area contributed by atoms with Gasteiger partial charge in [-0.15, -0.1) is 0 Å². The molecule has 0 bridgehead atoms. The van der Waals surface area contributed by atoms with Gasteiger partial charge in [0.15, 0.2) is 5.78 Å². The van der Waals surface area contributed by atoms with E-state index < -0.39 is 41.2 Å². The quantitative estimate of drug-likeness (QED) is 0.517. The Hall–Kier alpha value is -3.42. The highest BCUT2D eigenvalue weighted by molar-refractivity contribution is 6.30. The third-order valence-electron chi connectivity index (χ3n) is 3.85. The van der Waals surface area contributed by atoms with Crippen LogP contribution in [0.15, 0.2) is 30.3 Å². The number of esters is 2. The Morgan fingerprint density at radius 1 is 0.852 bits per heavy atom. The summed E-state index contributed by atoms with van der Waals surface area (Å²) in [6.07, 6.45) is -2.94. The minimum atomic E-state index is -2.94. The first-order valence-electron chi connectivity index (χ1n) is 7.76. The van der Waals surface area contributed by atoms with Crippen LogP contribution in [0.3, 0.4) is 0 Å². The first kappa shape index (κ1) is 18.4. The van der Waals surface area contributed by atoms with Crippen LogP contribution in [0.5, 0.6) is 11.5 Å². The fraction of sp³-hybridized carbons (Fsp3) is 0.158. The molecule has 2 aromatic carbocycles. The average molecular weight is 374 g/mol. The molecule has 138 valence electrons. The van der Waals surface area contributed by atoms with E-state index >= 15 is 0 Å². The van der Waals surface area contributed by atoms with Gasteiger partial charge in [-0.2, -0.15) is 0 Å². The van der Waals surface area contributed by atoms with Crippen LogP contribution in [-0.4, -0.2) is 23.5 Å². The maximum Gasteiger partial charge on any atom is 0.308 e. The minimum absolute atomic E-state index is 0.0913. The van der Waals surface area contributed by atoms with E-state index in [1.165, 1.54) is 18.2 Å². The third-order valence-corrected chi connectivity index (χ3v) is 3.85. The van der Waals surface area contributed by atoms with Gasteiger partial charge in [0, 0.05) is 30.5 Å². The van der Waals surface area contributed by atoms with Crippen molar-refractivity contribution in [3.05, 3.63) is 58.1 Å². The van der Waals surface area contributed by atoms with Crippen LogP contribution < -0.4 is 9.47 Å². The van der Waals surface area contributed by atoms with Gasteiger partial charge < -0.3 is 9.47 Å². The van der Waals surface area contributed by atoms with Crippen LogP contribution in [0.4, 0.5) is 8.78 Å². The molecule has 0 saturated carbocycles. The average Bonchev–Trinajstić information content (AvgIpc) is 2.57. The second-order valence-corrected chi connectivity index (χ2v) is 5.77. The van der Waals surface area contributed by atoms with E-state index in [0.29, 0.717) is 0 Å². The molecule has 0 unspecified atom stereocenters. The van der Waals surface area contributed by atoms with Crippen molar-refractivity contribution in [1.29, 1.82) is 0 Å². The fourth-order valence-corrected chi connectivity index (χ4v) is 2.88. The molecule has 0 heterocycles. The van der Waals surface area contributed by atoms with Crippen molar-refractivity contribution in [2.45, 2.75) is 20.3 Å². The zero-order valence-electron chi connectivity index (χ0n) is 14.2. The lowest BCUT2D eigenvalue weighted by molar-refractivity contribution is -0.132. The molecule has 0 aliphatic heterocycles. The Kier molecular flexibility index (Phi) is 4.57. The van der Waals surface area contributed by atoms with Crippen molar-refractivity contribution in [2.24, 2.45) is 0 Å². The standard InChI is InChI=1S/C19H12F2O6/c1-8(22)26-13-5-3-4-11-15(13)18(25)16-12(17(11)24)6-10(19(20)21)7-14(16)27-9(2)23/h3-7,19H,1-2H3. The number of hydrogen-bond donors (Lipinski definition) is 0. The van der Waals surface area contributed by atoms with E-state index in [1.807, 2.05) is 0 Å². The van der Waals surface area contributed by atoms with Gasteiger partial charge in [-0.1, -0.05) is 12.1 Å². The Morgan fingerprint density at radius 2 is 1.44 bits per heavy atom. The summed E-state index contributed by atoms with van der Waals surface area (Å²) in [6.45, 7) is 2.16. The minimum Gasteiger partial charge on any atom is -0.426 e. The molecule has 0 atom stereocenters. The van der Waals surface area contributed by atoms with E-state index in [4.69, 9.17) is 9.47 Å². The van der Waals surface area contributed by atoms with Gasteiger partial charge in [0.2, 0.25) is 5.78 Å². The molecule has 1 aliphatic carbocycles. The molecular formula is C19H12F2O6. The summed E-state index contributed by atoms with van der Waals surface area (Å²) >= 11 is 0. The second-order valence-electron chi connectivity index (χ2n) is 5.77. The molecule has 0 saturated heterocycles. The van der Waals surface area contributed by atoms with Crippen LogP contribution in [0.2, 0.25) is 0 Å². The predicted octanol–water partition coefficient (Wildman–Crippen LogP) is 3.25.